The van der Waals surface area contributed by atoms with Crippen LogP contribution in [-0.4, -0.2) is 28.1 Å². The Kier molecular flexibility index (Phi) is 3.72. The topological polar surface area (TPSA) is 62.2 Å². The van der Waals surface area contributed by atoms with Crippen LogP contribution < -0.4 is 5.32 Å². The molecular formula is C15H15BrN2O2. The van der Waals surface area contributed by atoms with Crippen molar-refractivity contribution in [3.63, 3.8) is 0 Å². The lowest BCUT2D eigenvalue weighted by Gasteiger charge is -2.17. The van der Waals surface area contributed by atoms with Crippen molar-refractivity contribution in [3.8, 4) is 0 Å². The number of fused-ring (bicyclic) bond motifs is 1. The van der Waals surface area contributed by atoms with Crippen molar-refractivity contribution in [2.75, 3.05) is 0 Å². The van der Waals surface area contributed by atoms with Gasteiger partial charge in [-0.3, -0.25) is 9.78 Å². The number of aliphatic hydroxyl groups excluding tert-OH is 1. The highest BCUT2D eigenvalue weighted by molar-refractivity contribution is 9.10. The number of hydrogen-bond donors (Lipinski definition) is 2. The van der Waals surface area contributed by atoms with Gasteiger partial charge in [0.1, 0.15) is 0 Å². The number of hydrogen-bond acceptors (Lipinski definition) is 3. The zero-order valence-electron chi connectivity index (χ0n) is 10.8. The molecular weight excluding hydrogens is 320 g/mol. The number of pyridine rings is 1. The van der Waals surface area contributed by atoms with Gasteiger partial charge in [0, 0.05) is 16.1 Å². The molecule has 0 unspecified atom stereocenters. The molecule has 2 atom stereocenters. The Balaban J connectivity index is 1.89. The molecule has 4 nitrogen and oxygen atoms in total. The van der Waals surface area contributed by atoms with E-state index in [9.17, 15) is 9.90 Å². The zero-order valence-corrected chi connectivity index (χ0v) is 12.4. The van der Waals surface area contributed by atoms with Gasteiger partial charge >= 0.3 is 0 Å². The highest BCUT2D eigenvalue weighted by Crippen LogP contribution is 2.27. The Morgan fingerprint density at radius 2 is 2.20 bits per heavy atom. The smallest absolute Gasteiger partial charge is 0.252 e. The lowest BCUT2D eigenvalue weighted by atomic mass is 10.1. The van der Waals surface area contributed by atoms with Crippen LogP contribution in [-0.2, 0) is 0 Å². The summed E-state index contributed by atoms with van der Waals surface area (Å²) in [7, 11) is 0. The minimum atomic E-state index is -0.431. The summed E-state index contributed by atoms with van der Waals surface area (Å²) in [5, 5.41) is 13.6. The van der Waals surface area contributed by atoms with Crippen LogP contribution in [0.3, 0.4) is 0 Å². The van der Waals surface area contributed by atoms with Gasteiger partial charge in [0.15, 0.2) is 0 Å². The van der Waals surface area contributed by atoms with E-state index in [1.807, 2.05) is 18.2 Å². The molecule has 0 aliphatic heterocycles. The monoisotopic (exact) mass is 334 g/mol. The van der Waals surface area contributed by atoms with Gasteiger partial charge in [-0.2, -0.15) is 0 Å². The SMILES string of the molecule is O=C(N[C@@H]1CCC[C@H]1O)c1ccc2ncccc2c1Br. The second kappa shape index (κ2) is 5.50. The van der Waals surface area contributed by atoms with Crippen molar-refractivity contribution in [2.45, 2.75) is 31.4 Å². The van der Waals surface area contributed by atoms with E-state index in [-0.39, 0.29) is 11.9 Å². The maximum Gasteiger partial charge on any atom is 0.252 e. The van der Waals surface area contributed by atoms with Crippen LogP contribution in [0.4, 0.5) is 0 Å². The van der Waals surface area contributed by atoms with Gasteiger partial charge in [-0.05, 0) is 53.4 Å². The number of rotatable bonds is 2. The quantitative estimate of drug-likeness (QED) is 0.887. The van der Waals surface area contributed by atoms with Gasteiger partial charge < -0.3 is 10.4 Å². The molecule has 1 heterocycles. The molecule has 0 bridgehead atoms. The number of nitrogens with zero attached hydrogens (tertiary/aromatic N) is 1. The van der Waals surface area contributed by atoms with E-state index in [1.165, 1.54) is 0 Å². The predicted octanol–water partition coefficient (Wildman–Crippen LogP) is 2.64. The summed E-state index contributed by atoms with van der Waals surface area (Å²) >= 11 is 3.48. The Bertz CT molecular complexity index is 659. The van der Waals surface area contributed by atoms with Crippen LogP contribution in [0.1, 0.15) is 29.6 Å². The van der Waals surface area contributed by atoms with E-state index in [1.54, 1.807) is 12.3 Å². The van der Waals surface area contributed by atoms with Crippen molar-refractivity contribution in [2.24, 2.45) is 0 Å². The molecule has 104 valence electrons. The van der Waals surface area contributed by atoms with Crippen LogP contribution in [0, 0.1) is 0 Å². The Labute approximate surface area is 125 Å². The second-order valence-corrected chi connectivity index (χ2v) is 5.87. The van der Waals surface area contributed by atoms with Crippen LogP contribution in [0.15, 0.2) is 34.9 Å². The van der Waals surface area contributed by atoms with Crippen LogP contribution >= 0.6 is 15.9 Å². The van der Waals surface area contributed by atoms with Crippen LogP contribution in [0.25, 0.3) is 10.9 Å². The summed E-state index contributed by atoms with van der Waals surface area (Å²) < 4.78 is 0.744. The van der Waals surface area contributed by atoms with Gasteiger partial charge in [-0.15, -0.1) is 0 Å². The minimum Gasteiger partial charge on any atom is -0.391 e. The Hall–Kier alpha value is -1.46. The molecule has 3 rings (SSSR count). The summed E-state index contributed by atoms with van der Waals surface area (Å²) in [6, 6.07) is 7.22. The molecule has 1 aliphatic carbocycles. The number of carbonyl (C=O) groups excluding carboxylic acids is 1. The summed E-state index contributed by atoms with van der Waals surface area (Å²) in [4.78, 5) is 16.6. The molecule has 20 heavy (non-hydrogen) atoms. The largest absolute Gasteiger partial charge is 0.391 e. The van der Waals surface area contributed by atoms with Crippen LogP contribution in [0.2, 0.25) is 0 Å². The fourth-order valence-electron chi connectivity index (χ4n) is 2.65. The number of amides is 1. The Morgan fingerprint density at radius 1 is 1.35 bits per heavy atom. The Morgan fingerprint density at radius 3 is 2.95 bits per heavy atom. The molecule has 1 aromatic carbocycles. The molecule has 0 spiro atoms. The van der Waals surface area contributed by atoms with E-state index < -0.39 is 6.10 Å². The fraction of sp³-hybridized carbons (Fsp3) is 0.333. The predicted molar refractivity (Wildman–Crippen MR) is 80.6 cm³/mol. The van der Waals surface area contributed by atoms with Gasteiger partial charge in [0.25, 0.3) is 5.91 Å². The molecule has 1 fully saturated rings. The first kappa shape index (κ1) is 13.5. The van der Waals surface area contributed by atoms with Crippen molar-refractivity contribution < 1.29 is 9.90 Å². The van der Waals surface area contributed by atoms with E-state index in [0.717, 1.165) is 34.6 Å². The molecule has 5 heteroatoms. The molecule has 1 amide bonds. The fourth-order valence-corrected chi connectivity index (χ4v) is 3.29. The van der Waals surface area contributed by atoms with Crippen molar-refractivity contribution in [3.05, 3.63) is 40.5 Å². The average Bonchev–Trinajstić information content (AvgIpc) is 2.85. The first-order chi connectivity index (χ1) is 9.66. The molecule has 0 saturated heterocycles. The molecule has 2 N–H and O–H groups in total. The van der Waals surface area contributed by atoms with E-state index in [4.69, 9.17) is 0 Å². The van der Waals surface area contributed by atoms with Crippen molar-refractivity contribution >= 4 is 32.7 Å². The molecule has 1 aliphatic rings. The van der Waals surface area contributed by atoms with Crippen molar-refractivity contribution in [1.82, 2.24) is 10.3 Å². The number of halogens is 1. The zero-order chi connectivity index (χ0) is 14.1. The molecule has 0 radical (unpaired) electrons. The summed E-state index contributed by atoms with van der Waals surface area (Å²) in [5.41, 5.74) is 1.42. The van der Waals surface area contributed by atoms with Gasteiger partial charge in [-0.25, -0.2) is 0 Å². The molecule has 1 saturated carbocycles. The summed E-state index contributed by atoms with van der Waals surface area (Å²) in [5.74, 6) is -0.159. The highest BCUT2D eigenvalue weighted by Gasteiger charge is 2.27. The lowest BCUT2D eigenvalue weighted by molar-refractivity contribution is 0.0872. The maximum atomic E-state index is 12.3. The van der Waals surface area contributed by atoms with Gasteiger partial charge in [0.2, 0.25) is 0 Å². The van der Waals surface area contributed by atoms with Gasteiger partial charge in [-0.1, -0.05) is 6.07 Å². The summed E-state index contributed by atoms with van der Waals surface area (Å²) in [6.07, 6.45) is 3.84. The number of carbonyl (C=O) groups is 1. The summed E-state index contributed by atoms with van der Waals surface area (Å²) in [6.45, 7) is 0. The number of aromatic nitrogens is 1. The third-order valence-electron chi connectivity index (χ3n) is 3.76. The third kappa shape index (κ3) is 2.43. The standard InChI is InChI=1S/C15H15BrN2O2/c16-14-9-3-2-8-17-11(9)7-6-10(14)15(20)18-12-4-1-5-13(12)19/h2-3,6-8,12-13,19H,1,4-5H2,(H,18,20)/t12-,13-/m1/s1. The van der Waals surface area contributed by atoms with E-state index in [2.05, 4.69) is 26.2 Å². The molecule has 1 aromatic heterocycles. The minimum absolute atomic E-state index is 0.140. The van der Waals surface area contributed by atoms with E-state index in [0.29, 0.717) is 5.56 Å². The maximum absolute atomic E-state index is 12.3. The lowest BCUT2D eigenvalue weighted by Crippen LogP contribution is -2.39. The van der Waals surface area contributed by atoms with Crippen molar-refractivity contribution in [1.29, 1.82) is 0 Å². The molecule has 2 aromatic rings. The number of aliphatic hydroxyl groups is 1. The number of nitrogens with one attached hydrogen (secondary N) is 1. The van der Waals surface area contributed by atoms with Crippen LogP contribution in [0.5, 0.6) is 0 Å². The first-order valence-corrected chi connectivity index (χ1v) is 7.48. The van der Waals surface area contributed by atoms with E-state index >= 15 is 0 Å². The normalized spacial score (nSPS) is 22.1. The third-order valence-corrected chi connectivity index (χ3v) is 4.61. The van der Waals surface area contributed by atoms with Gasteiger partial charge in [0.05, 0.1) is 23.2 Å². The average molecular weight is 335 g/mol. The first-order valence-electron chi connectivity index (χ1n) is 6.69. The number of benzene rings is 1. The second-order valence-electron chi connectivity index (χ2n) is 5.08. The highest BCUT2D eigenvalue weighted by atomic mass is 79.9.